The van der Waals surface area contributed by atoms with Gasteiger partial charge in [0.2, 0.25) is 9.84 Å². The van der Waals surface area contributed by atoms with Gasteiger partial charge in [0.1, 0.15) is 0 Å². The highest BCUT2D eigenvalue weighted by Gasteiger charge is 2.25. The Hall–Kier alpha value is -1.09. The van der Waals surface area contributed by atoms with E-state index >= 15 is 0 Å². The van der Waals surface area contributed by atoms with Gasteiger partial charge in [-0.3, -0.25) is 0 Å². The number of rotatable bonds is 2. The maximum Gasteiger partial charge on any atom is 0.200 e. The zero-order valence-corrected chi connectivity index (χ0v) is 8.84. The molecule has 0 aromatic heterocycles. The largest absolute Gasteiger partial charge is 0.219 e. The summed E-state index contributed by atoms with van der Waals surface area (Å²) in [5.74, 6) is 0. The van der Waals surface area contributed by atoms with Crippen LogP contribution in [0, 0.1) is 0 Å². The summed E-state index contributed by atoms with van der Waals surface area (Å²) in [5.41, 5.74) is 1.83. The Morgan fingerprint density at radius 2 is 1.93 bits per heavy atom. The standard InChI is InChI=1S/C11H12O2S/c1-2-5-9-8-14(12,13)11-7-4-3-6-10(9)11/h3-4,6-8H,2,5H2,1H3. The van der Waals surface area contributed by atoms with Crippen molar-refractivity contribution >= 4 is 15.4 Å². The summed E-state index contributed by atoms with van der Waals surface area (Å²) in [6.45, 7) is 2.05. The minimum absolute atomic E-state index is 0.462. The van der Waals surface area contributed by atoms with E-state index in [0.717, 1.165) is 24.0 Å². The zero-order chi connectivity index (χ0) is 10.2. The van der Waals surface area contributed by atoms with Crippen molar-refractivity contribution in [3.05, 3.63) is 35.2 Å². The lowest BCUT2D eigenvalue weighted by Crippen LogP contribution is -1.91. The Morgan fingerprint density at radius 3 is 2.64 bits per heavy atom. The second-order valence-electron chi connectivity index (χ2n) is 3.43. The van der Waals surface area contributed by atoms with Crippen molar-refractivity contribution in [1.29, 1.82) is 0 Å². The van der Waals surface area contributed by atoms with Crippen LogP contribution in [0.3, 0.4) is 0 Å². The van der Waals surface area contributed by atoms with Crippen molar-refractivity contribution < 1.29 is 8.42 Å². The first kappa shape index (κ1) is 9.46. The Balaban J connectivity index is 2.61. The number of allylic oxidation sites excluding steroid dienone is 1. The first-order valence-electron chi connectivity index (χ1n) is 4.70. The molecular weight excluding hydrogens is 196 g/mol. The average molecular weight is 208 g/mol. The van der Waals surface area contributed by atoms with Crippen molar-refractivity contribution in [3.63, 3.8) is 0 Å². The first-order valence-corrected chi connectivity index (χ1v) is 6.25. The zero-order valence-electron chi connectivity index (χ0n) is 8.03. The topological polar surface area (TPSA) is 34.1 Å². The third-order valence-electron chi connectivity index (χ3n) is 2.36. The van der Waals surface area contributed by atoms with Crippen LogP contribution in [-0.2, 0) is 9.84 Å². The summed E-state index contributed by atoms with van der Waals surface area (Å²) in [6, 6.07) is 7.19. The van der Waals surface area contributed by atoms with Crippen LogP contribution < -0.4 is 0 Å². The van der Waals surface area contributed by atoms with E-state index in [-0.39, 0.29) is 0 Å². The summed E-state index contributed by atoms with van der Waals surface area (Å²) < 4.78 is 23.3. The van der Waals surface area contributed by atoms with Crippen LogP contribution in [0.15, 0.2) is 34.6 Å². The molecule has 0 aliphatic carbocycles. The number of hydrogen-bond donors (Lipinski definition) is 0. The Bertz CT molecular complexity index is 484. The molecule has 0 atom stereocenters. The van der Waals surface area contributed by atoms with Gasteiger partial charge in [-0.25, -0.2) is 8.42 Å². The molecule has 3 heteroatoms. The molecule has 0 saturated heterocycles. The average Bonchev–Trinajstić information content (AvgIpc) is 2.41. The number of benzene rings is 1. The Labute approximate surface area is 84.2 Å². The van der Waals surface area contributed by atoms with Crippen LogP contribution in [0.5, 0.6) is 0 Å². The molecule has 14 heavy (non-hydrogen) atoms. The van der Waals surface area contributed by atoms with Gasteiger partial charge in [0.15, 0.2) is 0 Å². The summed E-state index contributed by atoms with van der Waals surface area (Å²) in [5, 5.41) is 1.40. The van der Waals surface area contributed by atoms with Gasteiger partial charge in [0, 0.05) is 5.41 Å². The fourth-order valence-electron chi connectivity index (χ4n) is 1.76. The fourth-order valence-corrected chi connectivity index (χ4v) is 3.28. The summed E-state index contributed by atoms with van der Waals surface area (Å²) >= 11 is 0. The number of hydrogen-bond acceptors (Lipinski definition) is 2. The molecule has 2 rings (SSSR count). The molecule has 1 aliphatic rings. The molecule has 1 heterocycles. The van der Waals surface area contributed by atoms with Crippen LogP contribution in [-0.4, -0.2) is 8.42 Å². The number of sulfone groups is 1. The third kappa shape index (κ3) is 1.38. The number of fused-ring (bicyclic) bond motifs is 1. The van der Waals surface area contributed by atoms with Gasteiger partial charge < -0.3 is 0 Å². The minimum atomic E-state index is -3.14. The van der Waals surface area contributed by atoms with Crippen LogP contribution in [0.25, 0.3) is 5.57 Å². The van der Waals surface area contributed by atoms with Crippen LogP contribution >= 0.6 is 0 Å². The summed E-state index contributed by atoms with van der Waals surface area (Å²) in [7, 11) is -3.14. The van der Waals surface area contributed by atoms with Crippen LogP contribution in [0.2, 0.25) is 0 Å². The third-order valence-corrected chi connectivity index (χ3v) is 3.92. The second kappa shape index (κ2) is 3.24. The molecule has 0 fully saturated rings. The maximum atomic E-state index is 11.7. The van der Waals surface area contributed by atoms with Gasteiger partial charge >= 0.3 is 0 Å². The molecule has 2 nitrogen and oxygen atoms in total. The van der Waals surface area contributed by atoms with E-state index in [1.54, 1.807) is 12.1 Å². The van der Waals surface area contributed by atoms with E-state index in [9.17, 15) is 8.42 Å². The van der Waals surface area contributed by atoms with Crippen LogP contribution in [0.1, 0.15) is 25.3 Å². The predicted molar refractivity (Wildman–Crippen MR) is 56.5 cm³/mol. The van der Waals surface area contributed by atoms with Crippen molar-refractivity contribution in [2.75, 3.05) is 0 Å². The molecule has 1 aromatic rings. The van der Waals surface area contributed by atoms with Crippen molar-refractivity contribution in [1.82, 2.24) is 0 Å². The smallest absolute Gasteiger partial charge is 0.200 e. The highest BCUT2D eigenvalue weighted by molar-refractivity contribution is 7.95. The van der Waals surface area contributed by atoms with Crippen molar-refractivity contribution in [3.8, 4) is 0 Å². The van der Waals surface area contributed by atoms with Crippen molar-refractivity contribution in [2.45, 2.75) is 24.7 Å². The van der Waals surface area contributed by atoms with E-state index in [0.29, 0.717) is 4.90 Å². The molecule has 74 valence electrons. The van der Waals surface area contributed by atoms with E-state index in [4.69, 9.17) is 0 Å². The highest BCUT2D eigenvalue weighted by atomic mass is 32.2. The molecule has 0 unspecified atom stereocenters. The molecule has 0 spiro atoms. The van der Waals surface area contributed by atoms with Crippen molar-refractivity contribution in [2.24, 2.45) is 0 Å². The van der Waals surface area contributed by atoms with Gasteiger partial charge in [0.05, 0.1) is 4.90 Å². The lowest BCUT2D eigenvalue weighted by atomic mass is 10.0. The monoisotopic (exact) mass is 208 g/mol. The van der Waals surface area contributed by atoms with Gasteiger partial charge in [-0.1, -0.05) is 31.5 Å². The predicted octanol–water partition coefficient (Wildman–Crippen LogP) is 2.61. The molecule has 0 bridgehead atoms. The Morgan fingerprint density at radius 1 is 1.21 bits per heavy atom. The van der Waals surface area contributed by atoms with E-state index in [1.165, 1.54) is 5.41 Å². The van der Waals surface area contributed by atoms with Gasteiger partial charge in [0.25, 0.3) is 0 Å². The second-order valence-corrected chi connectivity index (χ2v) is 5.20. The molecule has 0 radical (unpaired) electrons. The first-order chi connectivity index (χ1) is 6.65. The lowest BCUT2D eigenvalue weighted by Gasteiger charge is -2.01. The molecule has 0 amide bonds. The normalized spacial score (nSPS) is 17.6. The van der Waals surface area contributed by atoms with E-state index in [2.05, 4.69) is 0 Å². The Kier molecular flexibility index (Phi) is 2.19. The molecule has 1 aromatic carbocycles. The summed E-state index contributed by atoms with van der Waals surface area (Å²) in [6.07, 6.45) is 1.80. The summed E-state index contributed by atoms with van der Waals surface area (Å²) in [4.78, 5) is 0.462. The maximum absolute atomic E-state index is 11.7. The quantitative estimate of drug-likeness (QED) is 0.748. The fraction of sp³-hybridized carbons (Fsp3) is 0.273. The molecule has 1 aliphatic heterocycles. The molecule has 0 saturated carbocycles. The van der Waals surface area contributed by atoms with Gasteiger partial charge in [-0.05, 0) is 23.6 Å². The van der Waals surface area contributed by atoms with Gasteiger partial charge in [-0.2, -0.15) is 0 Å². The highest BCUT2D eigenvalue weighted by Crippen LogP contribution is 2.35. The van der Waals surface area contributed by atoms with Crippen LogP contribution in [0.4, 0.5) is 0 Å². The lowest BCUT2D eigenvalue weighted by molar-refractivity contribution is 0.605. The minimum Gasteiger partial charge on any atom is -0.219 e. The van der Waals surface area contributed by atoms with E-state index < -0.39 is 9.84 Å². The molecule has 0 N–H and O–H groups in total. The molecular formula is C11H12O2S. The SMILES string of the molecule is CCCC1=CS(=O)(=O)c2ccccc21. The van der Waals surface area contributed by atoms with Gasteiger partial charge in [-0.15, -0.1) is 0 Å². The van der Waals surface area contributed by atoms with E-state index in [1.807, 2.05) is 19.1 Å².